The lowest BCUT2D eigenvalue weighted by Gasteiger charge is -2.33. The van der Waals surface area contributed by atoms with Crippen molar-refractivity contribution in [3.63, 3.8) is 0 Å². The van der Waals surface area contributed by atoms with E-state index in [-0.39, 0.29) is 5.97 Å². The summed E-state index contributed by atoms with van der Waals surface area (Å²) in [5.41, 5.74) is 7.02. The van der Waals surface area contributed by atoms with E-state index in [0.717, 1.165) is 66.1 Å². The Morgan fingerprint density at radius 3 is 2.54 bits per heavy atom. The molecule has 1 fully saturated rings. The van der Waals surface area contributed by atoms with E-state index in [1.807, 2.05) is 12.1 Å². The van der Waals surface area contributed by atoms with E-state index in [9.17, 15) is 4.79 Å². The summed E-state index contributed by atoms with van der Waals surface area (Å²) in [7, 11) is 0. The molecule has 5 nitrogen and oxygen atoms in total. The fourth-order valence-electron chi connectivity index (χ4n) is 7.61. The Kier molecular flexibility index (Phi) is 7.63. The number of hydrogen-bond acceptors (Lipinski definition) is 4. The van der Waals surface area contributed by atoms with Crippen molar-refractivity contribution in [3.05, 3.63) is 94.4 Å². The minimum atomic E-state index is -1.11. The van der Waals surface area contributed by atoms with Crippen molar-refractivity contribution in [1.82, 2.24) is 9.55 Å². The number of anilines is 1. The molecule has 1 aliphatic carbocycles. The summed E-state index contributed by atoms with van der Waals surface area (Å²) >= 11 is 0. The van der Waals surface area contributed by atoms with Gasteiger partial charge < -0.3 is 14.2 Å². The van der Waals surface area contributed by atoms with Gasteiger partial charge in [-0.05, 0) is 82.3 Å². The number of carbonyl (C=O) groups is 1. The predicted molar refractivity (Wildman–Crippen MR) is 167 cm³/mol. The van der Waals surface area contributed by atoms with Crippen molar-refractivity contribution in [2.24, 2.45) is 5.92 Å². The number of esters is 1. The molecule has 0 N–H and O–H groups in total. The van der Waals surface area contributed by atoms with Crippen LogP contribution in [0.15, 0.2) is 60.8 Å². The Morgan fingerprint density at radius 1 is 1.00 bits per heavy atom. The van der Waals surface area contributed by atoms with E-state index in [1.54, 1.807) is 6.20 Å². The summed E-state index contributed by atoms with van der Waals surface area (Å²) in [6.45, 7) is 11.5. The summed E-state index contributed by atoms with van der Waals surface area (Å²) in [5, 5.41) is 1.12. The average molecular weight is 550 g/mol. The molecule has 2 aromatic carbocycles. The lowest BCUT2D eigenvalue weighted by atomic mass is 9.77. The molecule has 0 saturated heterocycles. The highest BCUT2D eigenvalue weighted by atomic mass is 16.6. The van der Waals surface area contributed by atoms with Gasteiger partial charge in [0.05, 0.1) is 5.56 Å². The Bertz CT molecular complexity index is 1560. The monoisotopic (exact) mass is 549 g/mol. The maximum Gasteiger partial charge on any atom is 0.341 e. The van der Waals surface area contributed by atoms with Gasteiger partial charge in [-0.1, -0.05) is 56.4 Å². The van der Waals surface area contributed by atoms with Crippen LogP contribution in [0, 0.1) is 12.8 Å². The number of nitrogens with zero attached hydrogens (tertiary/aromatic N) is 3. The van der Waals surface area contributed by atoms with Crippen LogP contribution in [0.4, 0.5) is 5.69 Å². The standard InChI is InChI=1S/C36H43N3O2/c1-5-38(6-2)28-21-22-31(27(24-28)20-19-26-14-9-8-10-15-26)36(34-30(35(40)41-36)17-13-23-37-34)33-25(4)39(7-3)32-18-12-11-16-29(32)33/h11-13,16-18,21-24,26H,5-10,14-15,19-20H2,1-4H3. The minimum absolute atomic E-state index is 0.299. The molecular weight excluding hydrogens is 506 g/mol. The van der Waals surface area contributed by atoms with Gasteiger partial charge in [-0.2, -0.15) is 0 Å². The van der Waals surface area contributed by atoms with Crippen LogP contribution in [0.5, 0.6) is 0 Å². The Hall–Kier alpha value is -3.60. The summed E-state index contributed by atoms with van der Waals surface area (Å²) in [5.74, 6) is 0.455. The van der Waals surface area contributed by atoms with Gasteiger partial charge in [-0.3, -0.25) is 4.98 Å². The highest BCUT2D eigenvalue weighted by Crippen LogP contribution is 2.51. The number of ether oxygens (including phenoxy) is 1. The molecule has 2 aliphatic rings. The molecule has 0 amide bonds. The van der Waals surface area contributed by atoms with E-state index in [4.69, 9.17) is 9.72 Å². The van der Waals surface area contributed by atoms with Crippen LogP contribution in [0.3, 0.4) is 0 Å². The lowest BCUT2D eigenvalue weighted by Crippen LogP contribution is -2.33. The molecule has 0 spiro atoms. The molecule has 214 valence electrons. The van der Waals surface area contributed by atoms with Crippen molar-refractivity contribution >= 4 is 22.6 Å². The first-order valence-electron chi connectivity index (χ1n) is 15.7. The van der Waals surface area contributed by atoms with Gasteiger partial charge in [0.15, 0.2) is 0 Å². The van der Waals surface area contributed by atoms with Crippen molar-refractivity contribution in [2.75, 3.05) is 18.0 Å². The highest BCUT2D eigenvalue weighted by Gasteiger charge is 2.53. The number of pyridine rings is 1. The van der Waals surface area contributed by atoms with E-state index < -0.39 is 5.60 Å². The Morgan fingerprint density at radius 2 is 1.78 bits per heavy atom. The zero-order valence-electron chi connectivity index (χ0n) is 25.1. The second-order valence-electron chi connectivity index (χ2n) is 11.7. The third kappa shape index (κ3) is 4.54. The molecule has 1 aliphatic heterocycles. The molecule has 1 unspecified atom stereocenters. The van der Waals surface area contributed by atoms with Gasteiger partial charge in [0, 0.05) is 59.2 Å². The van der Waals surface area contributed by atoms with Crippen molar-refractivity contribution in [3.8, 4) is 0 Å². The summed E-state index contributed by atoms with van der Waals surface area (Å²) in [4.78, 5) is 21.0. The van der Waals surface area contributed by atoms with E-state index in [0.29, 0.717) is 11.3 Å². The maximum atomic E-state index is 13.7. The Labute approximate surface area is 244 Å². The van der Waals surface area contributed by atoms with E-state index in [2.05, 4.69) is 79.6 Å². The third-order valence-corrected chi connectivity index (χ3v) is 9.65. The van der Waals surface area contributed by atoms with Gasteiger partial charge in [-0.15, -0.1) is 0 Å². The summed E-state index contributed by atoms with van der Waals surface area (Å²) < 4.78 is 9.04. The molecule has 4 aromatic rings. The number of aryl methyl sites for hydroxylation is 2. The smallest absolute Gasteiger partial charge is 0.341 e. The van der Waals surface area contributed by atoms with Gasteiger partial charge in [0.25, 0.3) is 0 Å². The lowest BCUT2D eigenvalue weighted by molar-refractivity contribution is 0.0243. The predicted octanol–water partition coefficient (Wildman–Crippen LogP) is 8.19. The van der Waals surface area contributed by atoms with Crippen LogP contribution < -0.4 is 4.90 Å². The Balaban J connectivity index is 1.63. The SMILES string of the molecule is CCN(CC)c1ccc(C2(c3c(C)n(CC)c4ccccc34)OC(=O)c3cccnc32)c(CCC2CCCCC2)c1. The van der Waals surface area contributed by atoms with Crippen molar-refractivity contribution in [1.29, 1.82) is 0 Å². The molecule has 0 radical (unpaired) electrons. The fourth-order valence-corrected chi connectivity index (χ4v) is 7.61. The topological polar surface area (TPSA) is 47.4 Å². The van der Waals surface area contributed by atoms with Crippen molar-refractivity contribution in [2.45, 2.75) is 84.8 Å². The molecule has 1 atom stereocenters. The number of para-hydroxylation sites is 1. The van der Waals surface area contributed by atoms with Crippen LogP contribution in [-0.2, 0) is 23.3 Å². The average Bonchev–Trinajstić information content (AvgIpc) is 3.47. The molecule has 0 bridgehead atoms. The first-order chi connectivity index (χ1) is 20.0. The number of benzene rings is 2. The summed E-state index contributed by atoms with van der Waals surface area (Å²) in [6.07, 6.45) is 10.6. The zero-order chi connectivity index (χ0) is 28.6. The molecule has 41 heavy (non-hydrogen) atoms. The van der Waals surface area contributed by atoms with Crippen LogP contribution in [-0.4, -0.2) is 28.6 Å². The number of fused-ring (bicyclic) bond motifs is 2. The second-order valence-corrected chi connectivity index (χ2v) is 11.7. The first-order valence-corrected chi connectivity index (χ1v) is 15.7. The van der Waals surface area contributed by atoms with E-state index >= 15 is 0 Å². The molecular formula is C36H43N3O2. The fraction of sp³-hybridized carbons (Fsp3) is 0.444. The van der Waals surface area contributed by atoms with Gasteiger partial charge in [0.2, 0.25) is 5.60 Å². The molecule has 5 heteroatoms. The van der Waals surface area contributed by atoms with Gasteiger partial charge in [-0.25, -0.2) is 4.79 Å². The quantitative estimate of drug-likeness (QED) is 0.198. The third-order valence-electron chi connectivity index (χ3n) is 9.65. The largest absolute Gasteiger partial charge is 0.439 e. The van der Waals surface area contributed by atoms with Crippen LogP contribution in [0.2, 0.25) is 0 Å². The summed E-state index contributed by atoms with van der Waals surface area (Å²) in [6, 6.07) is 19.1. The normalized spacial score (nSPS) is 19.0. The van der Waals surface area contributed by atoms with Crippen LogP contribution in [0.1, 0.15) is 97.7 Å². The number of carbonyl (C=O) groups excluding carboxylic acids is 1. The molecule has 3 heterocycles. The molecule has 6 rings (SSSR count). The highest BCUT2D eigenvalue weighted by molar-refractivity contribution is 5.98. The zero-order valence-corrected chi connectivity index (χ0v) is 25.1. The maximum absolute atomic E-state index is 13.7. The number of hydrogen-bond donors (Lipinski definition) is 0. The molecule has 2 aromatic heterocycles. The number of aromatic nitrogens is 2. The van der Waals surface area contributed by atoms with Gasteiger partial charge in [0.1, 0.15) is 5.69 Å². The second kappa shape index (κ2) is 11.3. The van der Waals surface area contributed by atoms with Gasteiger partial charge >= 0.3 is 5.97 Å². The minimum Gasteiger partial charge on any atom is -0.439 e. The molecule has 1 saturated carbocycles. The van der Waals surface area contributed by atoms with E-state index in [1.165, 1.54) is 43.4 Å². The number of cyclic esters (lactones) is 1. The van der Waals surface area contributed by atoms with Crippen LogP contribution >= 0.6 is 0 Å². The van der Waals surface area contributed by atoms with Crippen molar-refractivity contribution < 1.29 is 9.53 Å². The number of rotatable bonds is 9. The first kappa shape index (κ1) is 27.6. The van der Waals surface area contributed by atoms with Crippen LogP contribution in [0.25, 0.3) is 10.9 Å².